The van der Waals surface area contributed by atoms with Crippen molar-refractivity contribution >= 4 is 27.6 Å². The van der Waals surface area contributed by atoms with Crippen LogP contribution in [-0.2, 0) is 21.8 Å². The van der Waals surface area contributed by atoms with Crippen molar-refractivity contribution in [3.8, 4) is 5.75 Å². The molecule has 14 heteroatoms. The summed E-state index contributed by atoms with van der Waals surface area (Å²) in [5, 5.41) is 15.6. The number of rotatable bonds is 8. The van der Waals surface area contributed by atoms with Crippen LogP contribution >= 0.6 is 0 Å². The highest BCUT2D eigenvalue weighted by Crippen LogP contribution is 2.29. The molecular weight excluding hydrogens is 588 g/mol. The summed E-state index contributed by atoms with van der Waals surface area (Å²) in [7, 11) is -0.682. The van der Waals surface area contributed by atoms with Crippen molar-refractivity contribution in [2.75, 3.05) is 38.7 Å². The quantitative estimate of drug-likeness (QED) is 0.399. The Balaban J connectivity index is 1.96. The van der Waals surface area contributed by atoms with Crippen LogP contribution < -0.4 is 15.4 Å². The fourth-order valence-electron chi connectivity index (χ4n) is 4.93. The average Bonchev–Trinajstić information content (AvgIpc) is 3.41. The van der Waals surface area contributed by atoms with E-state index in [1.165, 1.54) is 23.9 Å². The van der Waals surface area contributed by atoms with E-state index in [0.29, 0.717) is 24.5 Å². The molecule has 246 valence electrons. The first kappa shape index (κ1) is 35.3. The topological polar surface area (TPSA) is 155 Å². The Kier molecular flexibility index (Phi) is 12.6. The van der Waals surface area contributed by atoms with E-state index in [-0.39, 0.29) is 48.3 Å². The second-order valence-electron chi connectivity index (χ2n) is 11.9. The number of amides is 3. The molecule has 0 saturated carbocycles. The lowest BCUT2D eigenvalue weighted by molar-refractivity contribution is -0.00835. The van der Waals surface area contributed by atoms with E-state index in [4.69, 9.17) is 9.47 Å². The number of carbonyl (C=O) groups is 2. The van der Waals surface area contributed by atoms with Crippen molar-refractivity contribution in [3.05, 3.63) is 36.3 Å². The van der Waals surface area contributed by atoms with Crippen molar-refractivity contribution < 1.29 is 32.6 Å². The number of fused-ring (bicyclic) bond motifs is 1. The number of nitrogens with zero attached hydrogens (tertiary/aromatic N) is 4. The number of nitrogens with one attached hydrogen (secondary N) is 2. The van der Waals surface area contributed by atoms with Crippen LogP contribution in [0.5, 0.6) is 5.75 Å². The van der Waals surface area contributed by atoms with Gasteiger partial charge in [-0.2, -0.15) is 4.31 Å². The van der Waals surface area contributed by atoms with E-state index in [2.05, 4.69) is 15.6 Å². The van der Waals surface area contributed by atoms with Crippen LogP contribution in [0.1, 0.15) is 64.2 Å². The van der Waals surface area contributed by atoms with Gasteiger partial charge in [0.1, 0.15) is 5.75 Å². The summed E-state index contributed by atoms with van der Waals surface area (Å²) in [5.41, 5.74) is 0.663. The Morgan fingerprint density at radius 3 is 2.59 bits per heavy atom. The molecule has 3 rings (SSSR count). The van der Waals surface area contributed by atoms with Crippen LogP contribution in [0.4, 0.5) is 10.5 Å². The lowest BCUT2D eigenvalue weighted by atomic mass is 10.0. The second kappa shape index (κ2) is 15.7. The second-order valence-corrected chi connectivity index (χ2v) is 13.9. The van der Waals surface area contributed by atoms with Gasteiger partial charge in [0, 0.05) is 57.6 Å². The summed E-state index contributed by atoms with van der Waals surface area (Å²) < 4.78 is 41.8. The number of hydrogen-bond donors (Lipinski definition) is 3. The minimum atomic E-state index is -3.87. The summed E-state index contributed by atoms with van der Waals surface area (Å²) in [6, 6.07) is 3.90. The molecule has 2 aromatic rings. The van der Waals surface area contributed by atoms with Crippen LogP contribution in [-0.4, -0.2) is 102 Å². The molecule has 0 spiro atoms. The first-order chi connectivity index (χ1) is 20.7. The highest BCUT2D eigenvalue weighted by Gasteiger charge is 2.33. The van der Waals surface area contributed by atoms with Gasteiger partial charge in [-0.25, -0.2) is 18.2 Å². The molecule has 1 aromatic carbocycles. The molecule has 2 heterocycles. The zero-order chi connectivity index (χ0) is 32.6. The van der Waals surface area contributed by atoms with E-state index in [1.54, 1.807) is 41.6 Å². The predicted molar refractivity (Wildman–Crippen MR) is 167 cm³/mol. The summed E-state index contributed by atoms with van der Waals surface area (Å²) in [4.78, 5) is 32.2. The minimum Gasteiger partial charge on any atom is -0.490 e. The van der Waals surface area contributed by atoms with Gasteiger partial charge in [0.25, 0.3) is 15.9 Å². The molecule has 3 amide bonds. The van der Waals surface area contributed by atoms with Gasteiger partial charge in [-0.15, -0.1) is 0 Å². The van der Waals surface area contributed by atoms with E-state index in [9.17, 15) is 23.1 Å². The fourth-order valence-corrected chi connectivity index (χ4v) is 6.07. The number of anilines is 1. The minimum absolute atomic E-state index is 0.0464. The van der Waals surface area contributed by atoms with Gasteiger partial charge in [0.15, 0.2) is 5.03 Å². The van der Waals surface area contributed by atoms with E-state index in [1.807, 2.05) is 27.7 Å². The lowest BCUT2D eigenvalue weighted by Gasteiger charge is -2.35. The highest BCUT2D eigenvalue weighted by atomic mass is 32.2. The van der Waals surface area contributed by atoms with Crippen LogP contribution in [0.15, 0.2) is 35.7 Å². The maximum Gasteiger partial charge on any atom is 0.319 e. The van der Waals surface area contributed by atoms with Gasteiger partial charge in [-0.1, -0.05) is 6.92 Å². The van der Waals surface area contributed by atoms with E-state index < -0.39 is 34.1 Å². The van der Waals surface area contributed by atoms with E-state index >= 15 is 0 Å². The lowest BCUT2D eigenvalue weighted by Crippen LogP contribution is -2.48. The maximum atomic E-state index is 14.2. The molecule has 0 saturated heterocycles. The molecule has 4 atom stereocenters. The van der Waals surface area contributed by atoms with Crippen molar-refractivity contribution in [3.63, 3.8) is 0 Å². The third kappa shape index (κ3) is 9.40. The number of likely N-dealkylation sites (N-methyl/N-ethyl adjacent to an activating group) is 1. The Morgan fingerprint density at radius 1 is 1.23 bits per heavy atom. The number of aryl methyl sites for hydroxylation is 1. The smallest absolute Gasteiger partial charge is 0.319 e. The molecule has 44 heavy (non-hydrogen) atoms. The zero-order valence-electron chi connectivity index (χ0n) is 26.8. The molecule has 1 aliphatic rings. The number of aliphatic hydroxyl groups excluding tert-OH is 1. The first-order valence-corrected chi connectivity index (χ1v) is 16.5. The maximum absolute atomic E-state index is 14.2. The third-order valence-electron chi connectivity index (χ3n) is 7.52. The number of ether oxygens (including phenoxy) is 2. The van der Waals surface area contributed by atoms with Gasteiger partial charge >= 0.3 is 6.03 Å². The molecule has 0 unspecified atom stereocenters. The number of aromatic nitrogens is 2. The molecular formula is C30H48N6O7S. The normalized spacial score (nSPS) is 21.4. The van der Waals surface area contributed by atoms with Crippen LogP contribution in [0.2, 0.25) is 0 Å². The monoisotopic (exact) mass is 636 g/mol. The molecule has 0 fully saturated rings. The highest BCUT2D eigenvalue weighted by molar-refractivity contribution is 7.89. The molecule has 1 aromatic heterocycles. The fraction of sp³-hybridized carbons (Fsp3) is 0.633. The van der Waals surface area contributed by atoms with Crippen LogP contribution in [0, 0.1) is 5.92 Å². The Labute approximate surface area is 261 Å². The molecule has 1 aliphatic heterocycles. The van der Waals surface area contributed by atoms with Crippen LogP contribution in [0.3, 0.4) is 0 Å². The predicted octanol–water partition coefficient (Wildman–Crippen LogP) is 3.07. The summed E-state index contributed by atoms with van der Waals surface area (Å²) in [6.45, 7) is 9.59. The van der Waals surface area contributed by atoms with Gasteiger partial charge < -0.3 is 34.7 Å². The standard InChI is InChI=1S/C30H48N6O7S/c1-20(2)32-30(39)33-24-11-12-26-25(14-24)29(38)36(22(4)18-37)15-21(3)27(42-13-9-8-10-23(5)43-26)16-35(7)44(40,41)28-17-34(6)19-31-28/h11-12,14,17,19-23,27,37H,8-10,13,15-16,18H2,1-7H3,(H2,32,33,39)/t21-,22+,23-,27+/m0/s1. The average molecular weight is 637 g/mol. The number of sulfonamides is 1. The molecule has 13 nitrogen and oxygen atoms in total. The Hall–Kier alpha value is -3.20. The number of urea groups is 1. The molecule has 3 N–H and O–H groups in total. The number of benzene rings is 1. The van der Waals surface area contributed by atoms with Crippen molar-refractivity contribution in [1.29, 1.82) is 0 Å². The Morgan fingerprint density at radius 2 is 1.95 bits per heavy atom. The molecule has 0 bridgehead atoms. The van der Waals surface area contributed by atoms with Gasteiger partial charge in [0.2, 0.25) is 0 Å². The van der Waals surface area contributed by atoms with Gasteiger partial charge in [0.05, 0.1) is 36.7 Å². The number of carbonyl (C=O) groups excluding carboxylic acids is 2. The van der Waals surface area contributed by atoms with Gasteiger partial charge in [-0.3, -0.25) is 4.79 Å². The summed E-state index contributed by atoms with van der Waals surface area (Å²) in [5.74, 6) is -0.330. The van der Waals surface area contributed by atoms with Crippen molar-refractivity contribution in [2.24, 2.45) is 13.0 Å². The number of hydrogen-bond acceptors (Lipinski definition) is 8. The first-order valence-electron chi connectivity index (χ1n) is 15.1. The summed E-state index contributed by atoms with van der Waals surface area (Å²) >= 11 is 0. The van der Waals surface area contributed by atoms with Crippen LogP contribution in [0.25, 0.3) is 0 Å². The van der Waals surface area contributed by atoms with Gasteiger partial charge in [-0.05, 0) is 65.2 Å². The Bertz CT molecular complexity index is 1370. The molecule has 0 radical (unpaired) electrons. The van der Waals surface area contributed by atoms with Crippen molar-refractivity contribution in [1.82, 2.24) is 24.1 Å². The molecule has 0 aliphatic carbocycles. The van der Waals surface area contributed by atoms with E-state index in [0.717, 1.165) is 12.8 Å². The number of aliphatic hydroxyl groups is 1. The largest absolute Gasteiger partial charge is 0.490 e. The SMILES string of the molecule is CC(C)NC(=O)Nc1ccc2c(c1)C(=O)N([C@H](C)CO)C[C@H](C)[C@@H](CN(C)S(=O)(=O)c1cn(C)cn1)OCCCC[C@H](C)O2. The summed E-state index contributed by atoms with van der Waals surface area (Å²) in [6.07, 6.45) is 4.37. The number of imidazole rings is 1. The zero-order valence-corrected chi connectivity index (χ0v) is 27.6. The van der Waals surface area contributed by atoms with Crippen molar-refractivity contribution in [2.45, 2.75) is 83.2 Å². The third-order valence-corrected chi connectivity index (χ3v) is 9.23.